The Labute approximate surface area is 107 Å². The second-order valence-corrected chi connectivity index (χ2v) is 5.42. The molecule has 1 aromatic carbocycles. The van der Waals surface area contributed by atoms with E-state index in [1.807, 2.05) is 30.3 Å². The van der Waals surface area contributed by atoms with E-state index in [4.69, 9.17) is 0 Å². The van der Waals surface area contributed by atoms with Gasteiger partial charge in [0, 0.05) is 24.4 Å². The molecule has 1 saturated carbocycles. The van der Waals surface area contributed by atoms with Crippen LogP contribution in [0.1, 0.15) is 37.3 Å². The fourth-order valence-electron chi connectivity index (χ4n) is 3.26. The van der Waals surface area contributed by atoms with Crippen LogP contribution in [-0.2, 0) is 4.79 Å². The van der Waals surface area contributed by atoms with Gasteiger partial charge in [0.05, 0.1) is 0 Å². The van der Waals surface area contributed by atoms with E-state index in [2.05, 4.69) is 5.32 Å². The second-order valence-electron chi connectivity index (χ2n) is 5.42. The highest BCUT2D eigenvalue weighted by Crippen LogP contribution is 2.35. The molecule has 1 aliphatic heterocycles. The molecule has 1 aromatic rings. The SMILES string of the molecule is O=C1CC(c2ccccc2)NC2CC(F)CCC12. The van der Waals surface area contributed by atoms with Crippen LogP contribution in [0.4, 0.5) is 4.39 Å². The van der Waals surface area contributed by atoms with E-state index in [9.17, 15) is 9.18 Å². The number of rotatable bonds is 1. The molecule has 3 rings (SSSR count). The van der Waals surface area contributed by atoms with Crippen LogP contribution in [0.5, 0.6) is 0 Å². The third-order valence-corrected chi connectivity index (χ3v) is 4.22. The van der Waals surface area contributed by atoms with Crippen molar-refractivity contribution in [2.45, 2.75) is 43.9 Å². The van der Waals surface area contributed by atoms with Gasteiger partial charge in [0.15, 0.2) is 0 Å². The van der Waals surface area contributed by atoms with Gasteiger partial charge in [0.25, 0.3) is 0 Å². The van der Waals surface area contributed by atoms with E-state index in [1.54, 1.807) is 0 Å². The van der Waals surface area contributed by atoms with Crippen molar-refractivity contribution in [2.75, 3.05) is 0 Å². The molecule has 0 aromatic heterocycles. The zero-order valence-electron chi connectivity index (χ0n) is 10.3. The van der Waals surface area contributed by atoms with Crippen LogP contribution in [-0.4, -0.2) is 18.0 Å². The number of hydrogen-bond acceptors (Lipinski definition) is 2. The summed E-state index contributed by atoms with van der Waals surface area (Å²) >= 11 is 0. The number of hydrogen-bond donors (Lipinski definition) is 1. The van der Waals surface area contributed by atoms with Crippen LogP contribution in [0, 0.1) is 5.92 Å². The number of carbonyl (C=O) groups is 1. The molecule has 1 saturated heterocycles. The van der Waals surface area contributed by atoms with Gasteiger partial charge < -0.3 is 5.32 Å². The minimum atomic E-state index is -0.749. The lowest BCUT2D eigenvalue weighted by Crippen LogP contribution is -2.51. The van der Waals surface area contributed by atoms with Crippen LogP contribution in [0.3, 0.4) is 0 Å². The lowest BCUT2D eigenvalue weighted by Gasteiger charge is -2.40. The largest absolute Gasteiger partial charge is 0.306 e. The van der Waals surface area contributed by atoms with Gasteiger partial charge >= 0.3 is 0 Å². The smallest absolute Gasteiger partial charge is 0.139 e. The van der Waals surface area contributed by atoms with Gasteiger partial charge in [-0.2, -0.15) is 0 Å². The highest BCUT2D eigenvalue weighted by molar-refractivity contribution is 5.83. The topological polar surface area (TPSA) is 29.1 Å². The second kappa shape index (κ2) is 4.81. The average molecular weight is 247 g/mol. The van der Waals surface area contributed by atoms with Crippen LogP contribution in [0.15, 0.2) is 30.3 Å². The Bertz CT molecular complexity index is 433. The zero-order chi connectivity index (χ0) is 12.5. The molecule has 4 unspecified atom stereocenters. The summed E-state index contributed by atoms with van der Waals surface area (Å²) in [7, 11) is 0. The normalized spacial score (nSPS) is 36.2. The van der Waals surface area contributed by atoms with Gasteiger partial charge in [0.2, 0.25) is 0 Å². The monoisotopic (exact) mass is 247 g/mol. The van der Waals surface area contributed by atoms with Gasteiger partial charge in [-0.15, -0.1) is 0 Å². The number of Topliss-reactive ketones (excluding diaryl/α,β-unsaturated/α-hetero) is 1. The average Bonchev–Trinajstić information content (AvgIpc) is 2.39. The standard InChI is InChI=1S/C15H18FNO/c16-11-6-7-12-14(8-11)17-13(9-15(12)18)10-4-2-1-3-5-10/h1-5,11-14,17H,6-9H2. The Morgan fingerprint density at radius 3 is 2.72 bits per heavy atom. The molecule has 0 amide bonds. The van der Waals surface area contributed by atoms with Crippen LogP contribution in [0.25, 0.3) is 0 Å². The molecule has 2 fully saturated rings. The molecular formula is C15H18FNO. The molecule has 1 N–H and O–H groups in total. The van der Waals surface area contributed by atoms with Crippen molar-refractivity contribution in [3.05, 3.63) is 35.9 Å². The molecule has 0 bridgehead atoms. The third kappa shape index (κ3) is 2.19. The summed E-state index contributed by atoms with van der Waals surface area (Å²) in [6.45, 7) is 0. The highest BCUT2D eigenvalue weighted by atomic mass is 19.1. The van der Waals surface area contributed by atoms with Crippen LogP contribution < -0.4 is 5.32 Å². The summed E-state index contributed by atoms with van der Waals surface area (Å²) in [6.07, 6.45) is 1.53. The number of carbonyl (C=O) groups excluding carboxylic acids is 1. The lowest BCUT2D eigenvalue weighted by molar-refractivity contribution is -0.128. The van der Waals surface area contributed by atoms with Crippen molar-refractivity contribution < 1.29 is 9.18 Å². The van der Waals surface area contributed by atoms with E-state index >= 15 is 0 Å². The Balaban J connectivity index is 1.78. The number of benzene rings is 1. The Hall–Kier alpha value is -1.22. The Morgan fingerprint density at radius 2 is 1.94 bits per heavy atom. The number of ketones is 1. The summed E-state index contributed by atoms with van der Waals surface area (Å²) in [4.78, 5) is 12.2. The van der Waals surface area contributed by atoms with Crippen molar-refractivity contribution in [3.63, 3.8) is 0 Å². The lowest BCUT2D eigenvalue weighted by atomic mass is 9.75. The predicted octanol–water partition coefficient (Wildman–Crippen LogP) is 2.80. The maximum Gasteiger partial charge on any atom is 0.139 e. The molecule has 0 spiro atoms. The van der Waals surface area contributed by atoms with Gasteiger partial charge in [0.1, 0.15) is 12.0 Å². The van der Waals surface area contributed by atoms with Gasteiger partial charge in [-0.1, -0.05) is 30.3 Å². The van der Waals surface area contributed by atoms with E-state index in [0.717, 1.165) is 5.56 Å². The quantitative estimate of drug-likeness (QED) is 0.826. The van der Waals surface area contributed by atoms with Crippen molar-refractivity contribution in [2.24, 2.45) is 5.92 Å². The third-order valence-electron chi connectivity index (χ3n) is 4.22. The molecule has 2 nitrogen and oxygen atoms in total. The zero-order valence-corrected chi connectivity index (χ0v) is 10.3. The number of piperidine rings is 1. The summed E-state index contributed by atoms with van der Waals surface area (Å²) in [5, 5.41) is 3.47. The van der Waals surface area contributed by atoms with Gasteiger partial charge in [-0.05, 0) is 24.8 Å². The van der Waals surface area contributed by atoms with Gasteiger partial charge in [-0.3, -0.25) is 4.79 Å². The summed E-state index contributed by atoms with van der Waals surface area (Å²) in [5.41, 5.74) is 1.13. The van der Waals surface area contributed by atoms with Gasteiger partial charge in [-0.25, -0.2) is 4.39 Å². The molecule has 96 valence electrons. The number of halogens is 1. The van der Waals surface area contributed by atoms with Crippen molar-refractivity contribution in [3.8, 4) is 0 Å². The molecule has 1 heterocycles. The molecule has 18 heavy (non-hydrogen) atoms. The molecular weight excluding hydrogens is 229 g/mol. The van der Waals surface area contributed by atoms with Crippen LogP contribution in [0.2, 0.25) is 0 Å². The fourth-order valence-corrected chi connectivity index (χ4v) is 3.26. The van der Waals surface area contributed by atoms with E-state index in [1.165, 1.54) is 0 Å². The van der Waals surface area contributed by atoms with Crippen molar-refractivity contribution >= 4 is 5.78 Å². The van der Waals surface area contributed by atoms with E-state index in [0.29, 0.717) is 31.5 Å². The Kier molecular flexibility index (Phi) is 3.16. The predicted molar refractivity (Wildman–Crippen MR) is 68.0 cm³/mol. The summed E-state index contributed by atoms with van der Waals surface area (Å²) in [6, 6.07) is 10.1. The maximum atomic E-state index is 13.5. The van der Waals surface area contributed by atoms with E-state index in [-0.39, 0.29) is 18.0 Å². The highest BCUT2D eigenvalue weighted by Gasteiger charge is 2.40. The number of alkyl halides is 1. The summed E-state index contributed by atoms with van der Waals surface area (Å²) in [5.74, 6) is 0.344. The van der Waals surface area contributed by atoms with Crippen LogP contribution >= 0.6 is 0 Å². The maximum absolute atomic E-state index is 13.5. The first kappa shape index (κ1) is 11.8. The number of fused-ring (bicyclic) bond motifs is 1. The molecule has 0 radical (unpaired) electrons. The Morgan fingerprint density at radius 1 is 1.17 bits per heavy atom. The molecule has 1 aliphatic carbocycles. The number of nitrogens with one attached hydrogen (secondary N) is 1. The first-order valence-corrected chi connectivity index (χ1v) is 6.72. The first-order valence-electron chi connectivity index (χ1n) is 6.72. The molecule has 3 heteroatoms. The van der Waals surface area contributed by atoms with E-state index < -0.39 is 6.17 Å². The van der Waals surface area contributed by atoms with Crippen molar-refractivity contribution in [1.29, 1.82) is 0 Å². The minimum absolute atomic E-state index is 0.0280. The fraction of sp³-hybridized carbons (Fsp3) is 0.533. The summed E-state index contributed by atoms with van der Waals surface area (Å²) < 4.78 is 13.5. The first-order chi connectivity index (χ1) is 8.74. The molecule has 4 atom stereocenters. The van der Waals surface area contributed by atoms with Crippen molar-refractivity contribution in [1.82, 2.24) is 5.32 Å². The minimum Gasteiger partial charge on any atom is -0.306 e. The molecule has 2 aliphatic rings.